The Morgan fingerprint density at radius 3 is 2.85 bits per heavy atom. The average molecular weight is 367 g/mol. The number of morpholine rings is 1. The number of pyridine rings is 1. The lowest BCUT2D eigenvalue weighted by Gasteiger charge is -2.34. The molecule has 1 saturated heterocycles. The van der Waals surface area contributed by atoms with Crippen molar-refractivity contribution >= 4 is 28.1 Å². The number of hydrogen-bond acceptors (Lipinski definition) is 5. The van der Waals surface area contributed by atoms with Gasteiger partial charge in [-0.3, -0.25) is 14.7 Å². The van der Waals surface area contributed by atoms with Gasteiger partial charge in [-0.1, -0.05) is 24.3 Å². The number of nitrogens with zero attached hydrogens (tertiary/aromatic N) is 2. The number of ether oxygens (including phenoxy) is 1. The van der Waals surface area contributed by atoms with Crippen LogP contribution >= 0.6 is 11.3 Å². The number of hydrogen-bond donors (Lipinski definition) is 1. The smallest absolute Gasteiger partial charge is 0.253 e. The number of fused-ring (bicyclic) bond motifs is 1. The van der Waals surface area contributed by atoms with Gasteiger partial charge in [0.2, 0.25) is 0 Å². The lowest BCUT2D eigenvalue weighted by molar-refractivity contribution is 0.0169. The topological polar surface area (TPSA) is 54.5 Å². The monoisotopic (exact) mass is 367 g/mol. The maximum absolute atomic E-state index is 12.8. The molecule has 1 atom stereocenters. The fraction of sp³-hybridized carbons (Fsp3) is 0.300. The molecular formula is C20H21N3O2S. The molecule has 2 aromatic heterocycles. The van der Waals surface area contributed by atoms with Crippen molar-refractivity contribution in [2.24, 2.45) is 0 Å². The minimum Gasteiger partial charge on any atom is -0.379 e. The van der Waals surface area contributed by atoms with E-state index in [2.05, 4.69) is 32.7 Å². The number of carbonyl (C=O) groups excluding carboxylic acids is 1. The highest BCUT2D eigenvalue weighted by Gasteiger charge is 2.24. The maximum atomic E-state index is 12.8. The van der Waals surface area contributed by atoms with E-state index in [1.807, 2.05) is 30.3 Å². The largest absolute Gasteiger partial charge is 0.379 e. The van der Waals surface area contributed by atoms with E-state index < -0.39 is 0 Å². The van der Waals surface area contributed by atoms with Crippen molar-refractivity contribution in [3.8, 4) is 0 Å². The molecule has 1 aliphatic heterocycles. The highest BCUT2D eigenvalue weighted by atomic mass is 32.1. The number of thiophene rings is 1. The quantitative estimate of drug-likeness (QED) is 0.753. The van der Waals surface area contributed by atoms with Crippen LogP contribution in [0.25, 0.3) is 10.9 Å². The van der Waals surface area contributed by atoms with Crippen molar-refractivity contribution in [1.29, 1.82) is 0 Å². The van der Waals surface area contributed by atoms with Crippen LogP contribution in [-0.4, -0.2) is 48.6 Å². The van der Waals surface area contributed by atoms with Gasteiger partial charge < -0.3 is 10.1 Å². The van der Waals surface area contributed by atoms with Crippen LogP contribution in [0.4, 0.5) is 0 Å². The first-order chi connectivity index (χ1) is 12.8. The Labute approximate surface area is 156 Å². The fourth-order valence-electron chi connectivity index (χ4n) is 3.35. The normalized spacial score (nSPS) is 16.5. The number of para-hydroxylation sites is 1. The van der Waals surface area contributed by atoms with Gasteiger partial charge in [-0.25, -0.2) is 0 Å². The molecule has 1 unspecified atom stereocenters. The van der Waals surface area contributed by atoms with Crippen LogP contribution in [0, 0.1) is 0 Å². The third kappa shape index (κ3) is 3.62. The van der Waals surface area contributed by atoms with E-state index in [-0.39, 0.29) is 11.9 Å². The molecule has 0 aliphatic carbocycles. The Morgan fingerprint density at radius 1 is 1.19 bits per heavy atom. The highest BCUT2D eigenvalue weighted by Crippen LogP contribution is 2.25. The maximum Gasteiger partial charge on any atom is 0.253 e. The van der Waals surface area contributed by atoms with E-state index in [0.29, 0.717) is 12.1 Å². The zero-order valence-corrected chi connectivity index (χ0v) is 15.2. The molecule has 0 saturated carbocycles. The summed E-state index contributed by atoms with van der Waals surface area (Å²) in [5.41, 5.74) is 1.36. The minimum absolute atomic E-state index is 0.0795. The average Bonchev–Trinajstić information content (AvgIpc) is 3.23. The number of nitrogens with one attached hydrogen (secondary N) is 1. The number of carbonyl (C=O) groups is 1. The molecule has 3 aromatic rings. The van der Waals surface area contributed by atoms with Gasteiger partial charge in [-0.15, -0.1) is 11.3 Å². The molecule has 3 heterocycles. The van der Waals surface area contributed by atoms with Crippen molar-refractivity contribution < 1.29 is 9.53 Å². The molecule has 6 heteroatoms. The third-order valence-corrected chi connectivity index (χ3v) is 5.66. The Morgan fingerprint density at radius 2 is 2.04 bits per heavy atom. The SMILES string of the molecule is O=C(NCC(c1cccs1)N1CCOCC1)c1cccc2cccnc12. The molecule has 5 nitrogen and oxygen atoms in total. The standard InChI is InChI=1S/C20H21N3O2S/c24-20(16-6-1-4-15-5-2-8-21-19(15)16)22-14-17(18-7-3-13-26-18)23-9-11-25-12-10-23/h1-8,13,17H,9-12,14H2,(H,22,24). The van der Waals surface area contributed by atoms with Crippen LogP contribution in [-0.2, 0) is 4.74 Å². The van der Waals surface area contributed by atoms with Crippen molar-refractivity contribution in [3.05, 3.63) is 64.5 Å². The molecule has 0 bridgehead atoms. The molecule has 1 aromatic carbocycles. The van der Waals surface area contributed by atoms with Gasteiger partial charge >= 0.3 is 0 Å². The summed E-state index contributed by atoms with van der Waals surface area (Å²) in [5.74, 6) is -0.0795. The molecule has 0 spiro atoms. The zero-order chi connectivity index (χ0) is 17.8. The molecule has 0 radical (unpaired) electrons. The van der Waals surface area contributed by atoms with Gasteiger partial charge in [0.1, 0.15) is 0 Å². The first-order valence-corrected chi connectivity index (χ1v) is 9.68. The minimum atomic E-state index is -0.0795. The van der Waals surface area contributed by atoms with E-state index >= 15 is 0 Å². The van der Waals surface area contributed by atoms with Gasteiger partial charge in [0.15, 0.2) is 0 Å². The summed E-state index contributed by atoms with van der Waals surface area (Å²) >= 11 is 1.73. The van der Waals surface area contributed by atoms with Crippen LogP contribution in [0.15, 0.2) is 54.0 Å². The molecular weight excluding hydrogens is 346 g/mol. The molecule has 1 fully saturated rings. The van der Waals surface area contributed by atoms with E-state index in [4.69, 9.17) is 4.74 Å². The van der Waals surface area contributed by atoms with Crippen molar-refractivity contribution in [2.45, 2.75) is 6.04 Å². The van der Waals surface area contributed by atoms with Crippen molar-refractivity contribution in [3.63, 3.8) is 0 Å². The summed E-state index contributed by atoms with van der Waals surface area (Å²) in [5, 5.41) is 6.18. The summed E-state index contributed by atoms with van der Waals surface area (Å²) in [7, 11) is 0. The van der Waals surface area contributed by atoms with E-state index in [9.17, 15) is 4.79 Å². The van der Waals surface area contributed by atoms with Crippen LogP contribution in [0.1, 0.15) is 21.3 Å². The lowest BCUT2D eigenvalue weighted by Crippen LogP contribution is -2.43. The molecule has 1 aliphatic rings. The number of aromatic nitrogens is 1. The fourth-order valence-corrected chi connectivity index (χ4v) is 4.21. The van der Waals surface area contributed by atoms with Crippen molar-refractivity contribution in [1.82, 2.24) is 15.2 Å². The van der Waals surface area contributed by atoms with Gasteiger partial charge in [0.05, 0.1) is 30.3 Å². The summed E-state index contributed by atoms with van der Waals surface area (Å²) in [4.78, 5) is 20.9. The Kier molecular flexibility index (Phi) is 5.24. The second kappa shape index (κ2) is 7.95. The van der Waals surface area contributed by atoms with Crippen LogP contribution in [0.5, 0.6) is 0 Å². The third-order valence-electron chi connectivity index (χ3n) is 4.69. The van der Waals surface area contributed by atoms with E-state index in [1.165, 1.54) is 4.88 Å². The Balaban J connectivity index is 1.52. The van der Waals surface area contributed by atoms with Crippen LogP contribution in [0.2, 0.25) is 0 Å². The predicted octanol–water partition coefficient (Wildman–Crippen LogP) is 3.10. The van der Waals surface area contributed by atoms with Gasteiger partial charge in [0, 0.05) is 36.1 Å². The second-order valence-electron chi connectivity index (χ2n) is 6.27. The number of rotatable bonds is 5. The lowest BCUT2D eigenvalue weighted by atomic mass is 10.1. The summed E-state index contributed by atoms with van der Waals surface area (Å²) in [6.07, 6.45) is 1.72. The number of amides is 1. The molecule has 1 N–H and O–H groups in total. The predicted molar refractivity (Wildman–Crippen MR) is 104 cm³/mol. The Bertz CT molecular complexity index is 870. The van der Waals surface area contributed by atoms with Gasteiger partial charge in [-0.2, -0.15) is 0 Å². The molecule has 26 heavy (non-hydrogen) atoms. The summed E-state index contributed by atoms with van der Waals surface area (Å²) in [6.45, 7) is 3.82. The second-order valence-corrected chi connectivity index (χ2v) is 7.25. The highest BCUT2D eigenvalue weighted by molar-refractivity contribution is 7.10. The Hall–Kier alpha value is -2.28. The van der Waals surface area contributed by atoms with Gasteiger partial charge in [0.25, 0.3) is 5.91 Å². The van der Waals surface area contributed by atoms with Crippen LogP contribution in [0.3, 0.4) is 0 Å². The summed E-state index contributed by atoms with van der Waals surface area (Å²) in [6, 6.07) is 13.9. The molecule has 4 rings (SSSR count). The van der Waals surface area contributed by atoms with Crippen molar-refractivity contribution in [2.75, 3.05) is 32.8 Å². The van der Waals surface area contributed by atoms with Gasteiger partial charge in [-0.05, 0) is 23.6 Å². The first kappa shape index (κ1) is 17.1. The zero-order valence-electron chi connectivity index (χ0n) is 14.4. The molecule has 1 amide bonds. The summed E-state index contributed by atoms with van der Waals surface area (Å²) < 4.78 is 5.48. The molecule has 134 valence electrons. The first-order valence-electron chi connectivity index (χ1n) is 8.80. The van der Waals surface area contributed by atoms with E-state index in [1.54, 1.807) is 17.5 Å². The van der Waals surface area contributed by atoms with E-state index in [0.717, 1.165) is 37.2 Å². The number of benzene rings is 1. The van der Waals surface area contributed by atoms with Crippen LogP contribution < -0.4 is 5.32 Å².